The minimum absolute atomic E-state index is 0.595. The second kappa shape index (κ2) is 6.97. The Hall–Kier alpha value is -2.57. The third-order valence-electron chi connectivity index (χ3n) is 3.83. The molecule has 0 spiro atoms. The largest absolute Gasteiger partial charge is 0.496 e. The highest BCUT2D eigenvalue weighted by Crippen LogP contribution is 2.32. The van der Waals surface area contributed by atoms with Crippen LogP contribution in [0.1, 0.15) is 5.56 Å². The molecule has 26 heavy (non-hydrogen) atoms. The van der Waals surface area contributed by atoms with E-state index in [-0.39, 0.29) is 0 Å². The molecule has 0 radical (unpaired) electrons. The summed E-state index contributed by atoms with van der Waals surface area (Å²) >= 11 is 9.63. The molecule has 0 unspecified atom stereocenters. The van der Waals surface area contributed by atoms with E-state index in [1.54, 1.807) is 31.9 Å². The Kier molecular flexibility index (Phi) is 4.53. The highest BCUT2D eigenvalue weighted by molar-refractivity contribution is 9.10. The molecule has 0 fully saturated rings. The monoisotopic (exact) mass is 429 g/mol. The second-order valence-electron chi connectivity index (χ2n) is 5.48. The van der Waals surface area contributed by atoms with Crippen molar-refractivity contribution in [1.29, 1.82) is 0 Å². The molecule has 7 heteroatoms. The van der Waals surface area contributed by atoms with E-state index in [0.717, 1.165) is 21.4 Å². The van der Waals surface area contributed by atoms with Crippen molar-refractivity contribution < 1.29 is 9.15 Å². The number of imidazole rings is 1. The normalized spacial score (nSPS) is 11.5. The molecule has 5 nitrogen and oxygen atoms in total. The maximum absolute atomic E-state index is 6.16. The lowest BCUT2D eigenvalue weighted by Crippen LogP contribution is -1.91. The molecular formula is C19H13BrClN3O2. The van der Waals surface area contributed by atoms with Gasteiger partial charge in [-0.2, -0.15) is 0 Å². The number of nitrogens with zero attached hydrogens (tertiary/aromatic N) is 3. The average molecular weight is 431 g/mol. The third-order valence-corrected chi connectivity index (χ3v) is 4.55. The van der Waals surface area contributed by atoms with Crippen LogP contribution in [0.4, 0.5) is 5.82 Å². The zero-order valence-electron chi connectivity index (χ0n) is 13.7. The van der Waals surface area contributed by atoms with Gasteiger partial charge in [0, 0.05) is 22.4 Å². The second-order valence-corrected chi connectivity index (χ2v) is 6.83. The molecule has 0 amide bonds. The predicted molar refractivity (Wildman–Crippen MR) is 106 cm³/mol. The van der Waals surface area contributed by atoms with Gasteiger partial charge in [0.2, 0.25) is 0 Å². The van der Waals surface area contributed by atoms with Crippen molar-refractivity contribution in [2.75, 3.05) is 7.11 Å². The number of fused-ring (bicyclic) bond motifs is 1. The Bertz CT molecular complexity index is 1100. The SMILES string of the molecule is COc1ccc(Br)cc1C=Nc1c(-c2ccco2)nc2ccc(Cl)cn12. The summed E-state index contributed by atoms with van der Waals surface area (Å²) in [6.07, 6.45) is 5.12. The number of ether oxygens (including phenoxy) is 1. The van der Waals surface area contributed by atoms with Crippen molar-refractivity contribution >= 4 is 45.2 Å². The number of benzene rings is 1. The molecule has 3 aromatic heterocycles. The van der Waals surface area contributed by atoms with E-state index in [2.05, 4.69) is 25.9 Å². The van der Waals surface area contributed by atoms with Gasteiger partial charge in [-0.1, -0.05) is 27.5 Å². The van der Waals surface area contributed by atoms with Gasteiger partial charge >= 0.3 is 0 Å². The maximum Gasteiger partial charge on any atom is 0.168 e. The molecule has 0 aliphatic rings. The smallest absolute Gasteiger partial charge is 0.168 e. The zero-order valence-corrected chi connectivity index (χ0v) is 16.0. The molecule has 0 saturated carbocycles. The summed E-state index contributed by atoms with van der Waals surface area (Å²) in [6, 6.07) is 13.0. The Morgan fingerprint density at radius 1 is 1.27 bits per heavy atom. The van der Waals surface area contributed by atoms with E-state index in [4.69, 9.17) is 20.8 Å². The lowest BCUT2D eigenvalue weighted by molar-refractivity contribution is 0.414. The predicted octanol–water partition coefficient (Wildman–Crippen LogP) is 5.77. The number of methoxy groups -OCH3 is 1. The molecular weight excluding hydrogens is 418 g/mol. The minimum Gasteiger partial charge on any atom is -0.496 e. The lowest BCUT2D eigenvalue weighted by Gasteiger charge is -2.05. The van der Waals surface area contributed by atoms with Gasteiger partial charge in [0.05, 0.1) is 18.4 Å². The maximum atomic E-state index is 6.16. The fraction of sp³-hybridized carbons (Fsp3) is 0.0526. The van der Waals surface area contributed by atoms with Gasteiger partial charge in [0.15, 0.2) is 17.3 Å². The fourth-order valence-electron chi connectivity index (χ4n) is 2.65. The van der Waals surface area contributed by atoms with Crippen molar-refractivity contribution in [3.8, 4) is 17.2 Å². The van der Waals surface area contributed by atoms with Gasteiger partial charge in [-0.3, -0.25) is 4.40 Å². The van der Waals surface area contributed by atoms with Gasteiger partial charge in [-0.05, 0) is 42.5 Å². The van der Waals surface area contributed by atoms with Crippen molar-refractivity contribution in [2.24, 2.45) is 4.99 Å². The Morgan fingerprint density at radius 3 is 2.92 bits per heavy atom. The van der Waals surface area contributed by atoms with Crippen LogP contribution in [0.3, 0.4) is 0 Å². The van der Waals surface area contributed by atoms with Gasteiger partial charge in [0.25, 0.3) is 0 Å². The molecule has 0 bridgehead atoms. The third kappa shape index (κ3) is 3.13. The summed E-state index contributed by atoms with van der Waals surface area (Å²) < 4.78 is 13.7. The molecule has 4 aromatic rings. The van der Waals surface area contributed by atoms with E-state index in [1.165, 1.54) is 0 Å². The summed E-state index contributed by atoms with van der Waals surface area (Å²) in [7, 11) is 1.63. The van der Waals surface area contributed by atoms with Crippen LogP contribution < -0.4 is 4.74 Å². The molecule has 4 rings (SSSR count). The van der Waals surface area contributed by atoms with Crippen LogP contribution in [0.15, 0.2) is 68.8 Å². The van der Waals surface area contributed by atoms with Crippen LogP contribution in [-0.2, 0) is 0 Å². The summed E-state index contributed by atoms with van der Waals surface area (Å²) in [4.78, 5) is 9.29. The van der Waals surface area contributed by atoms with Crippen LogP contribution in [0.5, 0.6) is 5.75 Å². The number of hydrogen-bond acceptors (Lipinski definition) is 4. The number of furan rings is 1. The van der Waals surface area contributed by atoms with Gasteiger partial charge in [0.1, 0.15) is 11.4 Å². The molecule has 0 atom stereocenters. The standard InChI is InChI=1S/C19H13BrClN3O2/c1-25-15-6-4-13(20)9-12(15)10-22-19-18(16-3-2-8-26-16)23-17-7-5-14(21)11-24(17)19/h2-11H,1H3. The first-order chi connectivity index (χ1) is 12.7. The van der Waals surface area contributed by atoms with Crippen molar-refractivity contribution in [3.05, 3.63) is 70.0 Å². The van der Waals surface area contributed by atoms with Gasteiger partial charge < -0.3 is 9.15 Å². The van der Waals surface area contributed by atoms with Gasteiger partial charge in [-0.25, -0.2) is 9.98 Å². The molecule has 0 saturated heterocycles. The van der Waals surface area contributed by atoms with Crippen LogP contribution in [0.2, 0.25) is 5.02 Å². The number of aliphatic imine (C=N–C) groups is 1. The van der Waals surface area contributed by atoms with E-state index < -0.39 is 0 Å². The molecule has 0 aliphatic heterocycles. The topological polar surface area (TPSA) is 52.0 Å². The van der Waals surface area contributed by atoms with E-state index in [0.29, 0.717) is 22.3 Å². The van der Waals surface area contributed by atoms with Crippen LogP contribution >= 0.6 is 27.5 Å². The summed E-state index contributed by atoms with van der Waals surface area (Å²) in [6.45, 7) is 0. The minimum atomic E-state index is 0.595. The quantitative estimate of drug-likeness (QED) is 0.386. The highest BCUT2D eigenvalue weighted by atomic mass is 79.9. The highest BCUT2D eigenvalue weighted by Gasteiger charge is 2.16. The van der Waals surface area contributed by atoms with Crippen molar-refractivity contribution in [1.82, 2.24) is 9.38 Å². The van der Waals surface area contributed by atoms with Crippen molar-refractivity contribution in [2.45, 2.75) is 0 Å². The Labute approximate surface area is 163 Å². The molecule has 0 N–H and O–H groups in total. The number of rotatable bonds is 4. The average Bonchev–Trinajstić information content (AvgIpc) is 3.27. The number of pyridine rings is 1. The zero-order chi connectivity index (χ0) is 18.1. The van der Waals surface area contributed by atoms with E-state index >= 15 is 0 Å². The molecule has 3 heterocycles. The fourth-order valence-corrected chi connectivity index (χ4v) is 3.18. The lowest BCUT2D eigenvalue weighted by atomic mass is 10.2. The van der Waals surface area contributed by atoms with E-state index in [9.17, 15) is 0 Å². The first-order valence-electron chi connectivity index (χ1n) is 7.75. The molecule has 1 aromatic carbocycles. The van der Waals surface area contributed by atoms with Crippen LogP contribution in [0, 0.1) is 0 Å². The Balaban J connectivity index is 1.89. The summed E-state index contributed by atoms with van der Waals surface area (Å²) in [5.41, 5.74) is 2.21. The number of hydrogen-bond donors (Lipinski definition) is 0. The summed E-state index contributed by atoms with van der Waals surface area (Å²) in [5.74, 6) is 1.99. The number of halogens is 2. The Morgan fingerprint density at radius 2 is 2.15 bits per heavy atom. The molecule has 130 valence electrons. The number of aromatic nitrogens is 2. The van der Waals surface area contributed by atoms with Gasteiger partial charge in [-0.15, -0.1) is 0 Å². The first-order valence-corrected chi connectivity index (χ1v) is 8.92. The van der Waals surface area contributed by atoms with E-state index in [1.807, 2.05) is 40.8 Å². The van der Waals surface area contributed by atoms with Crippen molar-refractivity contribution in [3.63, 3.8) is 0 Å². The van der Waals surface area contributed by atoms with Crippen LogP contribution in [-0.4, -0.2) is 22.7 Å². The first kappa shape index (κ1) is 16.9. The van der Waals surface area contributed by atoms with Crippen LogP contribution in [0.25, 0.3) is 17.1 Å². The molecule has 0 aliphatic carbocycles. The summed E-state index contributed by atoms with van der Waals surface area (Å²) in [5, 5.41) is 0.595.